The molecule has 0 atom stereocenters. The Morgan fingerprint density at radius 2 is 2.06 bits per heavy atom. The van der Waals surface area contributed by atoms with Crippen molar-refractivity contribution in [2.24, 2.45) is 0 Å². The summed E-state index contributed by atoms with van der Waals surface area (Å²) in [5.41, 5.74) is -1.22. The first-order valence-corrected chi connectivity index (χ1v) is 5.60. The molecule has 0 spiro atoms. The van der Waals surface area contributed by atoms with E-state index in [-0.39, 0.29) is 6.03 Å². The molecule has 0 aliphatic heterocycles. The van der Waals surface area contributed by atoms with Crippen LogP contribution in [0.1, 0.15) is 33.6 Å². The van der Waals surface area contributed by atoms with Gasteiger partial charge in [0.1, 0.15) is 5.54 Å². The second-order valence-corrected chi connectivity index (χ2v) is 4.15. The zero-order chi connectivity index (χ0) is 13.5. The summed E-state index contributed by atoms with van der Waals surface area (Å²) in [5.74, 6) is 1.44. The number of carboxylic acid groups (broad SMARTS) is 1. The Morgan fingerprint density at radius 3 is 2.47 bits per heavy atom. The number of carbonyl (C=O) groups is 2. The van der Waals surface area contributed by atoms with Gasteiger partial charge in [0, 0.05) is 19.5 Å². The highest BCUT2D eigenvalue weighted by atomic mass is 16.4. The van der Waals surface area contributed by atoms with Crippen LogP contribution in [0.25, 0.3) is 0 Å². The fourth-order valence-electron chi connectivity index (χ4n) is 1.39. The van der Waals surface area contributed by atoms with E-state index in [4.69, 9.17) is 11.5 Å². The minimum atomic E-state index is -1.22. The van der Waals surface area contributed by atoms with Gasteiger partial charge in [0.15, 0.2) is 0 Å². The van der Waals surface area contributed by atoms with Gasteiger partial charge in [-0.05, 0) is 27.2 Å². The van der Waals surface area contributed by atoms with E-state index in [1.165, 1.54) is 18.7 Å². The first-order valence-electron chi connectivity index (χ1n) is 5.60. The zero-order valence-electron chi connectivity index (χ0n) is 10.6. The van der Waals surface area contributed by atoms with Crippen LogP contribution in [0, 0.1) is 12.3 Å². The Balaban J connectivity index is 4.42. The van der Waals surface area contributed by atoms with Crippen LogP contribution in [-0.4, -0.2) is 40.6 Å². The van der Waals surface area contributed by atoms with E-state index in [1.807, 2.05) is 0 Å². The van der Waals surface area contributed by atoms with Crippen LogP contribution < -0.4 is 5.32 Å². The van der Waals surface area contributed by atoms with Gasteiger partial charge in [-0.3, -0.25) is 0 Å². The molecule has 17 heavy (non-hydrogen) atoms. The number of carboxylic acids is 1. The van der Waals surface area contributed by atoms with Crippen LogP contribution in [0.2, 0.25) is 0 Å². The van der Waals surface area contributed by atoms with E-state index in [1.54, 1.807) is 6.92 Å². The second kappa shape index (κ2) is 6.79. The minimum absolute atomic E-state index is 0.334. The average molecular weight is 240 g/mol. The third kappa shape index (κ3) is 4.35. The lowest BCUT2D eigenvalue weighted by atomic mass is 10.0. The van der Waals surface area contributed by atoms with E-state index in [2.05, 4.69) is 11.2 Å². The first kappa shape index (κ1) is 15.3. The second-order valence-electron chi connectivity index (χ2n) is 4.15. The van der Waals surface area contributed by atoms with Gasteiger partial charge in [-0.1, -0.05) is 0 Å². The zero-order valence-corrected chi connectivity index (χ0v) is 10.6. The minimum Gasteiger partial charge on any atom is -0.480 e. The highest BCUT2D eigenvalue weighted by Gasteiger charge is 2.36. The molecule has 0 saturated carbocycles. The normalized spacial score (nSPS) is 10.5. The molecular formula is C12H20N2O3. The summed E-state index contributed by atoms with van der Waals surface area (Å²) in [6.45, 7) is 5.53. The van der Waals surface area contributed by atoms with Crippen molar-refractivity contribution in [1.82, 2.24) is 10.2 Å². The smallest absolute Gasteiger partial charge is 0.329 e. The Morgan fingerprint density at radius 1 is 1.47 bits per heavy atom. The quantitative estimate of drug-likeness (QED) is 0.543. The number of likely N-dealkylation sites (N-methyl/N-ethyl adjacent to an activating group) is 1. The molecule has 0 heterocycles. The summed E-state index contributed by atoms with van der Waals surface area (Å²) in [4.78, 5) is 24.1. The van der Waals surface area contributed by atoms with Gasteiger partial charge in [-0.15, -0.1) is 12.3 Å². The molecular weight excluding hydrogens is 220 g/mol. The Bertz CT molecular complexity index is 318. The molecule has 0 unspecified atom stereocenters. The van der Waals surface area contributed by atoms with Gasteiger partial charge in [-0.2, -0.15) is 0 Å². The number of urea groups is 1. The Kier molecular flexibility index (Phi) is 6.11. The maximum Gasteiger partial charge on any atom is 0.329 e. The first-order chi connectivity index (χ1) is 7.87. The summed E-state index contributed by atoms with van der Waals surface area (Å²) < 4.78 is 0. The summed E-state index contributed by atoms with van der Waals surface area (Å²) in [6.07, 6.45) is 6.37. The number of nitrogens with one attached hydrogen (secondary N) is 1. The monoisotopic (exact) mass is 240 g/mol. The number of rotatable bonds is 6. The number of hydrogen-bond donors (Lipinski definition) is 2. The van der Waals surface area contributed by atoms with Gasteiger partial charge >= 0.3 is 12.0 Å². The van der Waals surface area contributed by atoms with Crippen molar-refractivity contribution in [3.8, 4) is 12.3 Å². The highest BCUT2D eigenvalue weighted by molar-refractivity contribution is 5.85. The van der Waals surface area contributed by atoms with E-state index in [9.17, 15) is 9.59 Å². The molecule has 0 rings (SSSR count). The SMILES string of the molecule is C#CCCCNC(=O)N(CC)C(C)(C)C(=O)O. The molecule has 0 aliphatic rings. The van der Waals surface area contributed by atoms with Crippen molar-refractivity contribution in [3.05, 3.63) is 0 Å². The maximum absolute atomic E-state index is 11.8. The summed E-state index contributed by atoms with van der Waals surface area (Å²) >= 11 is 0. The van der Waals surface area contributed by atoms with E-state index >= 15 is 0 Å². The van der Waals surface area contributed by atoms with Crippen LogP contribution in [-0.2, 0) is 4.79 Å². The largest absolute Gasteiger partial charge is 0.480 e. The predicted molar refractivity (Wildman–Crippen MR) is 65.6 cm³/mol. The predicted octanol–water partition coefficient (Wildman–Crippen LogP) is 1.29. The Hall–Kier alpha value is -1.70. The molecule has 0 aromatic carbocycles. The number of carbonyl (C=O) groups excluding carboxylic acids is 1. The summed E-state index contributed by atoms with van der Waals surface area (Å²) in [5, 5.41) is 11.7. The van der Waals surface area contributed by atoms with Gasteiger partial charge in [0.25, 0.3) is 0 Å². The number of unbranched alkanes of at least 4 members (excludes halogenated alkanes) is 1. The van der Waals surface area contributed by atoms with E-state index < -0.39 is 11.5 Å². The number of nitrogens with zero attached hydrogens (tertiary/aromatic N) is 1. The molecule has 2 amide bonds. The fraction of sp³-hybridized carbons (Fsp3) is 0.667. The standard InChI is InChI=1S/C12H20N2O3/c1-5-7-8-9-13-11(17)14(6-2)12(3,4)10(15)16/h1H,6-9H2,2-4H3,(H,13,17)(H,15,16). The molecule has 0 saturated heterocycles. The lowest BCUT2D eigenvalue weighted by molar-refractivity contribution is -0.147. The summed E-state index contributed by atoms with van der Waals surface area (Å²) in [7, 11) is 0. The van der Waals surface area contributed by atoms with Crippen LogP contribution in [0.4, 0.5) is 4.79 Å². The molecule has 0 bridgehead atoms. The van der Waals surface area contributed by atoms with Crippen LogP contribution in [0.3, 0.4) is 0 Å². The molecule has 5 heteroatoms. The van der Waals surface area contributed by atoms with Crippen molar-refractivity contribution in [3.63, 3.8) is 0 Å². The molecule has 5 nitrogen and oxygen atoms in total. The topological polar surface area (TPSA) is 69.6 Å². The number of amides is 2. The molecule has 0 aromatic heterocycles. The van der Waals surface area contributed by atoms with Crippen molar-refractivity contribution in [2.75, 3.05) is 13.1 Å². The van der Waals surface area contributed by atoms with Crippen LogP contribution in [0.15, 0.2) is 0 Å². The average Bonchev–Trinajstić information content (AvgIpc) is 2.24. The third-order valence-electron chi connectivity index (χ3n) is 2.53. The maximum atomic E-state index is 11.8. The van der Waals surface area contributed by atoms with E-state index in [0.717, 1.165) is 0 Å². The van der Waals surface area contributed by atoms with Gasteiger partial charge in [0.05, 0.1) is 0 Å². The molecule has 0 aliphatic carbocycles. The van der Waals surface area contributed by atoms with Gasteiger partial charge < -0.3 is 15.3 Å². The van der Waals surface area contributed by atoms with Crippen LogP contribution >= 0.6 is 0 Å². The summed E-state index contributed by atoms with van der Waals surface area (Å²) in [6, 6.07) is -0.378. The lowest BCUT2D eigenvalue weighted by Crippen LogP contribution is -2.56. The highest BCUT2D eigenvalue weighted by Crippen LogP contribution is 2.14. The molecule has 96 valence electrons. The third-order valence-corrected chi connectivity index (χ3v) is 2.53. The molecule has 0 fully saturated rings. The van der Waals surface area contributed by atoms with Crippen molar-refractivity contribution < 1.29 is 14.7 Å². The van der Waals surface area contributed by atoms with E-state index in [0.29, 0.717) is 25.9 Å². The number of aliphatic carboxylic acids is 1. The van der Waals surface area contributed by atoms with Crippen molar-refractivity contribution in [2.45, 2.75) is 39.2 Å². The van der Waals surface area contributed by atoms with Crippen molar-refractivity contribution >= 4 is 12.0 Å². The lowest BCUT2D eigenvalue weighted by Gasteiger charge is -2.34. The Labute approximate surface area is 102 Å². The fourth-order valence-corrected chi connectivity index (χ4v) is 1.39. The van der Waals surface area contributed by atoms with Crippen LogP contribution in [0.5, 0.6) is 0 Å². The van der Waals surface area contributed by atoms with Gasteiger partial charge in [0.2, 0.25) is 0 Å². The number of hydrogen-bond acceptors (Lipinski definition) is 2. The molecule has 2 N–H and O–H groups in total. The van der Waals surface area contributed by atoms with Crippen molar-refractivity contribution in [1.29, 1.82) is 0 Å². The number of terminal acetylenes is 1. The molecule has 0 radical (unpaired) electrons. The van der Waals surface area contributed by atoms with Gasteiger partial charge in [-0.25, -0.2) is 9.59 Å². The molecule has 0 aromatic rings.